The zero-order chi connectivity index (χ0) is 21.3. The molecule has 1 saturated heterocycles. The molecule has 0 saturated carbocycles. The molecule has 8 nitrogen and oxygen atoms in total. The second-order valence-electron chi connectivity index (χ2n) is 7.63. The van der Waals surface area contributed by atoms with Gasteiger partial charge in [0.1, 0.15) is 5.52 Å². The highest BCUT2D eigenvalue weighted by atomic mass is 19.3. The van der Waals surface area contributed by atoms with E-state index in [2.05, 4.69) is 24.5 Å². The number of alkyl halides is 4. The van der Waals surface area contributed by atoms with Crippen molar-refractivity contribution in [2.45, 2.75) is 44.4 Å². The maximum Gasteiger partial charge on any atom is 0.586 e. The van der Waals surface area contributed by atoms with Gasteiger partial charge >= 0.3 is 6.29 Å². The predicted molar refractivity (Wildman–Crippen MR) is 97.8 cm³/mol. The van der Waals surface area contributed by atoms with Crippen LogP contribution >= 0.6 is 0 Å². The summed E-state index contributed by atoms with van der Waals surface area (Å²) in [7, 11) is 0. The van der Waals surface area contributed by atoms with Crippen LogP contribution in [-0.2, 0) is 6.42 Å². The van der Waals surface area contributed by atoms with E-state index in [0.29, 0.717) is 36.4 Å². The number of nitrogens with zero attached hydrogens (tertiary/aromatic N) is 5. The van der Waals surface area contributed by atoms with E-state index in [1.54, 1.807) is 6.92 Å². The SMILES string of the molecule is CC1CC(F)(F)CCN1CCc1nc2c3ccc4c(c3nc(N)n2n1)OC(F)(F)O4. The molecule has 2 aliphatic rings. The lowest BCUT2D eigenvalue weighted by molar-refractivity contribution is -0.286. The fourth-order valence-electron chi connectivity index (χ4n) is 4.01. The molecule has 0 aliphatic carbocycles. The van der Waals surface area contributed by atoms with Gasteiger partial charge in [0.2, 0.25) is 5.95 Å². The van der Waals surface area contributed by atoms with E-state index in [4.69, 9.17) is 5.73 Å². The lowest BCUT2D eigenvalue weighted by Crippen LogP contribution is -2.46. The molecule has 1 fully saturated rings. The third-order valence-electron chi connectivity index (χ3n) is 5.49. The number of nitrogens with two attached hydrogens (primary N) is 1. The molecule has 3 aromatic rings. The van der Waals surface area contributed by atoms with Gasteiger partial charge in [-0.25, -0.2) is 18.7 Å². The molecule has 1 unspecified atom stereocenters. The Morgan fingerprint density at radius 2 is 2.00 bits per heavy atom. The van der Waals surface area contributed by atoms with Crippen LogP contribution in [-0.4, -0.2) is 55.8 Å². The third kappa shape index (κ3) is 3.15. The molecule has 0 radical (unpaired) electrons. The van der Waals surface area contributed by atoms with Gasteiger partial charge in [0.05, 0.1) is 0 Å². The number of ether oxygens (including phenoxy) is 2. The van der Waals surface area contributed by atoms with Gasteiger partial charge in [-0.05, 0) is 19.1 Å². The van der Waals surface area contributed by atoms with Crippen LogP contribution in [0.2, 0.25) is 0 Å². The number of hydrogen-bond donors (Lipinski definition) is 1. The first-order valence-corrected chi connectivity index (χ1v) is 9.47. The Bertz CT molecular complexity index is 1150. The molecule has 2 aromatic heterocycles. The van der Waals surface area contributed by atoms with Gasteiger partial charge < -0.3 is 15.2 Å². The van der Waals surface area contributed by atoms with Crippen molar-refractivity contribution in [2.24, 2.45) is 0 Å². The van der Waals surface area contributed by atoms with Crippen molar-refractivity contribution in [1.82, 2.24) is 24.5 Å². The lowest BCUT2D eigenvalue weighted by Gasteiger charge is -2.37. The molecule has 160 valence electrons. The number of anilines is 1. The number of piperidine rings is 1. The number of rotatable bonds is 3. The van der Waals surface area contributed by atoms with Crippen molar-refractivity contribution in [1.29, 1.82) is 0 Å². The number of nitrogen functional groups attached to an aromatic ring is 1. The van der Waals surface area contributed by atoms with Crippen LogP contribution in [0.1, 0.15) is 25.6 Å². The largest absolute Gasteiger partial charge is 0.586 e. The van der Waals surface area contributed by atoms with E-state index in [1.807, 2.05) is 4.90 Å². The van der Waals surface area contributed by atoms with Gasteiger partial charge in [0, 0.05) is 43.8 Å². The molecule has 0 spiro atoms. The van der Waals surface area contributed by atoms with Gasteiger partial charge in [-0.3, -0.25) is 4.90 Å². The second-order valence-corrected chi connectivity index (χ2v) is 7.63. The quantitative estimate of drug-likeness (QED) is 0.644. The highest BCUT2D eigenvalue weighted by Crippen LogP contribution is 2.45. The van der Waals surface area contributed by atoms with Crippen LogP contribution in [0, 0.1) is 0 Å². The first-order valence-electron chi connectivity index (χ1n) is 9.47. The van der Waals surface area contributed by atoms with Crippen molar-refractivity contribution in [2.75, 3.05) is 18.8 Å². The summed E-state index contributed by atoms with van der Waals surface area (Å²) in [5.41, 5.74) is 6.40. The molecule has 2 aliphatic heterocycles. The first kappa shape index (κ1) is 19.1. The number of likely N-dealkylation sites (tertiary alicyclic amines) is 1. The summed E-state index contributed by atoms with van der Waals surface area (Å²) in [6.07, 6.45) is -3.71. The van der Waals surface area contributed by atoms with Gasteiger partial charge in [0.15, 0.2) is 23.0 Å². The normalized spacial score (nSPS) is 22.8. The molecule has 2 N–H and O–H groups in total. The smallest absolute Gasteiger partial charge is 0.395 e. The molecule has 12 heteroatoms. The van der Waals surface area contributed by atoms with Gasteiger partial charge in [-0.1, -0.05) is 0 Å². The van der Waals surface area contributed by atoms with Crippen LogP contribution in [0.5, 0.6) is 11.5 Å². The van der Waals surface area contributed by atoms with Crippen LogP contribution in [0.3, 0.4) is 0 Å². The van der Waals surface area contributed by atoms with Crippen molar-refractivity contribution < 1.29 is 27.0 Å². The number of fused-ring (bicyclic) bond motifs is 5. The first-order chi connectivity index (χ1) is 14.1. The second kappa shape index (κ2) is 6.30. The summed E-state index contributed by atoms with van der Waals surface area (Å²) in [6, 6.07) is 2.63. The molecule has 1 atom stereocenters. The molecular formula is C18H18F4N6O2. The molecule has 30 heavy (non-hydrogen) atoms. The molecule has 1 aromatic carbocycles. The fraction of sp³-hybridized carbons (Fsp3) is 0.500. The van der Waals surface area contributed by atoms with Gasteiger partial charge in [0.25, 0.3) is 5.92 Å². The Morgan fingerprint density at radius 3 is 2.77 bits per heavy atom. The van der Waals surface area contributed by atoms with Crippen LogP contribution in [0.4, 0.5) is 23.5 Å². The van der Waals surface area contributed by atoms with Crippen LogP contribution < -0.4 is 15.2 Å². The van der Waals surface area contributed by atoms with Crippen LogP contribution in [0.15, 0.2) is 12.1 Å². The maximum absolute atomic E-state index is 13.5. The van der Waals surface area contributed by atoms with Crippen LogP contribution in [0.25, 0.3) is 16.6 Å². The van der Waals surface area contributed by atoms with Gasteiger partial charge in [-0.15, -0.1) is 13.9 Å². The zero-order valence-electron chi connectivity index (χ0n) is 15.9. The van der Waals surface area contributed by atoms with Crippen molar-refractivity contribution in [3.8, 4) is 11.5 Å². The molecule has 0 amide bonds. The number of hydrogen-bond acceptors (Lipinski definition) is 7. The Labute approximate surface area is 167 Å². The zero-order valence-corrected chi connectivity index (χ0v) is 15.9. The van der Waals surface area contributed by atoms with E-state index in [9.17, 15) is 17.6 Å². The van der Waals surface area contributed by atoms with Crippen molar-refractivity contribution in [3.05, 3.63) is 18.0 Å². The summed E-state index contributed by atoms with van der Waals surface area (Å²) in [6.45, 7) is 2.59. The minimum Gasteiger partial charge on any atom is -0.395 e. The third-order valence-corrected chi connectivity index (χ3v) is 5.49. The average molecular weight is 426 g/mol. The van der Waals surface area contributed by atoms with Gasteiger partial charge in [-0.2, -0.15) is 4.52 Å². The van der Waals surface area contributed by atoms with Crippen molar-refractivity contribution in [3.63, 3.8) is 0 Å². The highest BCUT2D eigenvalue weighted by Gasteiger charge is 2.45. The average Bonchev–Trinajstić information content (AvgIpc) is 3.21. The molecule has 5 rings (SSSR count). The summed E-state index contributed by atoms with van der Waals surface area (Å²) in [5.74, 6) is -2.57. The van der Waals surface area contributed by atoms with E-state index < -0.39 is 12.2 Å². The van der Waals surface area contributed by atoms with E-state index in [-0.39, 0.29) is 41.8 Å². The topological polar surface area (TPSA) is 90.8 Å². The summed E-state index contributed by atoms with van der Waals surface area (Å²) in [4.78, 5) is 10.6. The highest BCUT2D eigenvalue weighted by molar-refractivity contribution is 5.97. The standard InChI is InChI=1S/C18H18F4N6O2/c1-9-8-17(19,20)5-7-27(9)6-4-12-24-15-10-2-3-11-14(30-18(21,22)29-11)13(10)25-16(23)28(15)26-12/h2-3,9H,4-8H2,1H3,(H2,23,25). The lowest BCUT2D eigenvalue weighted by atomic mass is 9.99. The molecule has 4 heterocycles. The predicted octanol–water partition coefficient (Wildman–Crippen LogP) is 2.84. The number of aromatic nitrogens is 4. The summed E-state index contributed by atoms with van der Waals surface area (Å²) < 4.78 is 64.3. The Balaban J connectivity index is 1.45. The van der Waals surface area contributed by atoms with Crippen molar-refractivity contribution >= 4 is 22.5 Å². The van der Waals surface area contributed by atoms with E-state index in [0.717, 1.165) is 0 Å². The van der Waals surface area contributed by atoms with E-state index in [1.165, 1.54) is 16.6 Å². The summed E-state index contributed by atoms with van der Waals surface area (Å²) >= 11 is 0. The number of halogens is 4. The monoisotopic (exact) mass is 426 g/mol. The Morgan fingerprint density at radius 1 is 1.20 bits per heavy atom. The summed E-state index contributed by atoms with van der Waals surface area (Å²) in [5, 5.41) is 4.77. The molecule has 0 bridgehead atoms. The minimum absolute atomic E-state index is 0.0468. The fourth-order valence-corrected chi connectivity index (χ4v) is 4.01. The number of benzene rings is 1. The minimum atomic E-state index is -3.78. The Hall–Kier alpha value is -2.89. The maximum atomic E-state index is 13.5. The Kier molecular flexibility index (Phi) is 4.01. The molecular weight excluding hydrogens is 408 g/mol. The van der Waals surface area contributed by atoms with E-state index >= 15 is 0 Å².